The zero-order valence-electron chi connectivity index (χ0n) is 12.2. The Morgan fingerprint density at radius 2 is 2.37 bits per heavy atom. The van der Waals surface area contributed by atoms with Gasteiger partial charge in [0.25, 0.3) is 0 Å². The van der Waals surface area contributed by atoms with Crippen LogP contribution in [0.4, 0.5) is 0 Å². The van der Waals surface area contributed by atoms with E-state index < -0.39 is 0 Å². The Hall–Kier alpha value is -0.910. The van der Waals surface area contributed by atoms with Crippen molar-refractivity contribution in [1.82, 2.24) is 15.4 Å². The van der Waals surface area contributed by atoms with E-state index in [2.05, 4.69) is 35.3 Å². The van der Waals surface area contributed by atoms with Crippen molar-refractivity contribution >= 4 is 0 Å². The zero-order chi connectivity index (χ0) is 13.7. The van der Waals surface area contributed by atoms with Crippen LogP contribution in [0, 0.1) is 0 Å². The first-order chi connectivity index (χ1) is 9.22. The first-order valence-corrected chi connectivity index (χ1v) is 7.13. The second-order valence-electron chi connectivity index (χ2n) is 5.31. The number of rotatable bonds is 9. The van der Waals surface area contributed by atoms with Crippen molar-refractivity contribution in [2.45, 2.75) is 51.9 Å². The van der Waals surface area contributed by atoms with E-state index in [1.54, 1.807) is 7.11 Å². The van der Waals surface area contributed by atoms with Gasteiger partial charge in [0.15, 0.2) is 5.76 Å². The lowest BCUT2D eigenvalue weighted by atomic mass is 10.2. The van der Waals surface area contributed by atoms with Gasteiger partial charge in [-0.2, -0.15) is 0 Å². The van der Waals surface area contributed by atoms with Crippen molar-refractivity contribution in [3.63, 3.8) is 0 Å². The molecular formula is C14H25N3O2. The normalized spacial score (nSPS) is 17.1. The topological polar surface area (TPSA) is 50.5 Å². The first kappa shape index (κ1) is 14.5. The molecule has 1 saturated carbocycles. The molecule has 5 heteroatoms. The van der Waals surface area contributed by atoms with Crippen LogP contribution in [0.3, 0.4) is 0 Å². The lowest BCUT2D eigenvalue weighted by Gasteiger charge is -2.25. The third kappa shape index (κ3) is 4.60. The molecular weight excluding hydrogens is 242 g/mol. The Morgan fingerprint density at radius 3 is 3.00 bits per heavy atom. The smallest absolute Gasteiger partial charge is 0.151 e. The number of hydrogen-bond donors (Lipinski definition) is 1. The fourth-order valence-corrected chi connectivity index (χ4v) is 2.18. The van der Waals surface area contributed by atoms with E-state index in [0.29, 0.717) is 12.1 Å². The summed E-state index contributed by atoms with van der Waals surface area (Å²) in [7, 11) is 1.74. The highest BCUT2D eigenvalue weighted by Crippen LogP contribution is 2.19. The van der Waals surface area contributed by atoms with Crippen LogP contribution in [-0.4, -0.2) is 42.4 Å². The van der Waals surface area contributed by atoms with E-state index in [1.165, 1.54) is 12.8 Å². The minimum absolute atomic E-state index is 0.383. The lowest BCUT2D eigenvalue weighted by molar-refractivity contribution is 0.0920. The van der Waals surface area contributed by atoms with Gasteiger partial charge in [0.1, 0.15) is 0 Å². The Morgan fingerprint density at radius 1 is 1.58 bits per heavy atom. The summed E-state index contributed by atoms with van der Waals surface area (Å²) in [4.78, 5) is 2.32. The molecule has 1 aliphatic carbocycles. The maximum Gasteiger partial charge on any atom is 0.151 e. The number of nitrogens with one attached hydrogen (secondary N) is 1. The maximum absolute atomic E-state index is 5.41. The number of aromatic nitrogens is 1. The molecule has 1 N–H and O–H groups in total. The minimum Gasteiger partial charge on any atom is -0.383 e. The third-order valence-electron chi connectivity index (χ3n) is 3.55. The monoisotopic (exact) mass is 267 g/mol. The van der Waals surface area contributed by atoms with Crippen LogP contribution in [0.25, 0.3) is 0 Å². The molecule has 1 fully saturated rings. The summed E-state index contributed by atoms with van der Waals surface area (Å²) in [5.74, 6) is 0.928. The van der Waals surface area contributed by atoms with Crippen LogP contribution < -0.4 is 5.32 Å². The van der Waals surface area contributed by atoms with E-state index in [9.17, 15) is 0 Å². The number of ether oxygens (including phenoxy) is 1. The molecule has 0 amide bonds. The van der Waals surface area contributed by atoms with Crippen molar-refractivity contribution in [2.75, 3.05) is 20.3 Å². The van der Waals surface area contributed by atoms with Crippen molar-refractivity contribution < 1.29 is 9.26 Å². The molecule has 0 spiro atoms. The summed E-state index contributed by atoms with van der Waals surface area (Å²) < 4.78 is 10.6. The Labute approximate surface area is 115 Å². The van der Waals surface area contributed by atoms with Crippen LogP contribution in [0.2, 0.25) is 0 Å². The van der Waals surface area contributed by atoms with Gasteiger partial charge in [-0.1, -0.05) is 12.1 Å². The maximum atomic E-state index is 5.41. The van der Waals surface area contributed by atoms with E-state index in [1.807, 2.05) is 0 Å². The predicted molar refractivity (Wildman–Crippen MR) is 73.8 cm³/mol. The summed E-state index contributed by atoms with van der Waals surface area (Å²) in [6.45, 7) is 7.63. The number of methoxy groups -OCH3 is 1. The number of likely N-dealkylation sites (N-methyl/N-ethyl adjacent to an activating group) is 1. The highest BCUT2D eigenvalue weighted by molar-refractivity contribution is 5.06. The highest BCUT2D eigenvalue weighted by Gasteiger charge is 2.21. The molecule has 1 unspecified atom stereocenters. The Balaban J connectivity index is 1.82. The van der Waals surface area contributed by atoms with Crippen molar-refractivity contribution in [2.24, 2.45) is 0 Å². The molecule has 0 bridgehead atoms. The number of hydrogen-bond acceptors (Lipinski definition) is 5. The quantitative estimate of drug-likeness (QED) is 0.739. The van der Waals surface area contributed by atoms with Gasteiger partial charge in [0, 0.05) is 31.8 Å². The largest absolute Gasteiger partial charge is 0.383 e. The molecule has 0 saturated heterocycles. The summed E-state index contributed by atoms with van der Waals surface area (Å²) >= 11 is 0. The molecule has 0 aliphatic heterocycles. The summed E-state index contributed by atoms with van der Waals surface area (Å²) in [6.07, 6.45) is 2.59. The summed E-state index contributed by atoms with van der Waals surface area (Å²) in [5.41, 5.74) is 0.998. The predicted octanol–water partition coefficient (Wildman–Crippen LogP) is 1.78. The molecule has 1 atom stereocenters. The van der Waals surface area contributed by atoms with E-state index >= 15 is 0 Å². The summed E-state index contributed by atoms with van der Waals surface area (Å²) in [5, 5.41) is 7.55. The minimum atomic E-state index is 0.383. The van der Waals surface area contributed by atoms with Gasteiger partial charge in [-0.05, 0) is 26.3 Å². The second-order valence-corrected chi connectivity index (χ2v) is 5.31. The molecule has 1 heterocycles. The molecule has 108 valence electrons. The third-order valence-corrected chi connectivity index (χ3v) is 3.55. The fraction of sp³-hybridized carbons (Fsp3) is 0.786. The van der Waals surface area contributed by atoms with Gasteiger partial charge in [0.05, 0.1) is 18.8 Å². The molecule has 19 heavy (non-hydrogen) atoms. The standard InChI is InChI=1S/C14H25N3O2/c1-4-17(11(2)10-18-3)9-14-7-13(16-19-14)8-15-12-5-6-12/h7,11-12,15H,4-6,8-10H2,1-3H3. The van der Waals surface area contributed by atoms with Crippen LogP contribution >= 0.6 is 0 Å². The highest BCUT2D eigenvalue weighted by atomic mass is 16.5. The van der Waals surface area contributed by atoms with Gasteiger partial charge in [-0.3, -0.25) is 4.90 Å². The van der Waals surface area contributed by atoms with Gasteiger partial charge >= 0.3 is 0 Å². The van der Waals surface area contributed by atoms with Gasteiger partial charge in [-0.25, -0.2) is 0 Å². The van der Waals surface area contributed by atoms with Crippen molar-refractivity contribution in [3.8, 4) is 0 Å². The SMILES string of the molecule is CCN(Cc1cc(CNC2CC2)no1)C(C)COC. The van der Waals surface area contributed by atoms with Gasteiger partial charge in [0.2, 0.25) is 0 Å². The Bertz CT molecular complexity index is 377. The van der Waals surface area contributed by atoms with Crippen molar-refractivity contribution in [3.05, 3.63) is 17.5 Å². The van der Waals surface area contributed by atoms with Crippen LogP contribution in [0.5, 0.6) is 0 Å². The average molecular weight is 267 g/mol. The first-order valence-electron chi connectivity index (χ1n) is 7.13. The molecule has 0 aromatic carbocycles. The molecule has 0 radical (unpaired) electrons. The zero-order valence-corrected chi connectivity index (χ0v) is 12.2. The van der Waals surface area contributed by atoms with Crippen LogP contribution in [0.15, 0.2) is 10.6 Å². The molecule has 2 rings (SSSR count). The van der Waals surface area contributed by atoms with Gasteiger partial charge in [-0.15, -0.1) is 0 Å². The fourth-order valence-electron chi connectivity index (χ4n) is 2.18. The van der Waals surface area contributed by atoms with E-state index in [0.717, 1.165) is 37.7 Å². The second kappa shape index (κ2) is 7.03. The Kier molecular flexibility index (Phi) is 5.36. The lowest BCUT2D eigenvalue weighted by Crippen LogP contribution is -2.35. The molecule has 1 aliphatic rings. The molecule has 1 aromatic rings. The van der Waals surface area contributed by atoms with Crippen molar-refractivity contribution in [1.29, 1.82) is 0 Å². The average Bonchev–Trinajstić information content (AvgIpc) is 3.13. The van der Waals surface area contributed by atoms with E-state index in [4.69, 9.17) is 9.26 Å². The molecule has 1 aromatic heterocycles. The van der Waals surface area contributed by atoms with Crippen LogP contribution in [0.1, 0.15) is 38.1 Å². The summed E-state index contributed by atoms with van der Waals surface area (Å²) in [6, 6.07) is 3.14. The van der Waals surface area contributed by atoms with Gasteiger partial charge < -0.3 is 14.6 Å². The molecule has 5 nitrogen and oxygen atoms in total. The van der Waals surface area contributed by atoms with E-state index in [-0.39, 0.29) is 0 Å². The number of nitrogens with zero attached hydrogens (tertiary/aromatic N) is 2. The van der Waals surface area contributed by atoms with Crippen LogP contribution in [-0.2, 0) is 17.8 Å².